The Kier molecular flexibility index (Phi) is 4.01. The van der Waals surface area contributed by atoms with E-state index in [2.05, 4.69) is 22.0 Å². The zero-order valence-corrected chi connectivity index (χ0v) is 11.5. The lowest BCUT2D eigenvalue weighted by Crippen LogP contribution is -2.48. The summed E-state index contributed by atoms with van der Waals surface area (Å²) in [7, 11) is 0. The summed E-state index contributed by atoms with van der Waals surface area (Å²) in [4.78, 5) is 16.8. The van der Waals surface area contributed by atoms with Crippen molar-refractivity contribution in [2.24, 2.45) is 0 Å². The van der Waals surface area contributed by atoms with E-state index in [0.717, 1.165) is 49.7 Å². The van der Waals surface area contributed by atoms with Crippen LogP contribution in [0.5, 0.6) is 0 Å². The number of H-pyrrole nitrogens is 1. The van der Waals surface area contributed by atoms with Crippen LogP contribution in [-0.2, 0) is 0 Å². The van der Waals surface area contributed by atoms with Gasteiger partial charge in [0.05, 0.1) is 11.3 Å². The highest BCUT2D eigenvalue weighted by Gasteiger charge is 2.25. The van der Waals surface area contributed by atoms with Gasteiger partial charge in [0, 0.05) is 31.9 Å². The van der Waals surface area contributed by atoms with Gasteiger partial charge in [0.15, 0.2) is 0 Å². The summed E-state index contributed by atoms with van der Waals surface area (Å²) in [5.41, 5.74) is 2.42. The summed E-state index contributed by atoms with van der Waals surface area (Å²) >= 11 is 0. The van der Waals surface area contributed by atoms with Crippen LogP contribution in [0.4, 0.5) is 0 Å². The van der Waals surface area contributed by atoms with Crippen LogP contribution in [0.1, 0.15) is 35.1 Å². The minimum Gasteiger partial charge on any atom is -0.336 e. The fraction of sp³-hybridized carbons (Fsp3) is 0.692. The summed E-state index contributed by atoms with van der Waals surface area (Å²) in [6, 6.07) is 0. The third-order valence-electron chi connectivity index (χ3n) is 3.54. The molecule has 1 aliphatic rings. The van der Waals surface area contributed by atoms with E-state index >= 15 is 0 Å². The van der Waals surface area contributed by atoms with Crippen LogP contribution in [0, 0.1) is 13.8 Å². The number of hydrogen-bond donors (Lipinski definition) is 1. The largest absolute Gasteiger partial charge is 0.336 e. The van der Waals surface area contributed by atoms with Crippen molar-refractivity contribution in [3.8, 4) is 0 Å². The van der Waals surface area contributed by atoms with E-state index < -0.39 is 0 Å². The van der Waals surface area contributed by atoms with Gasteiger partial charge >= 0.3 is 0 Å². The van der Waals surface area contributed by atoms with Crippen molar-refractivity contribution in [2.45, 2.75) is 27.2 Å². The van der Waals surface area contributed by atoms with Crippen molar-refractivity contribution in [3.05, 3.63) is 17.0 Å². The monoisotopic (exact) mass is 250 g/mol. The quantitative estimate of drug-likeness (QED) is 0.877. The van der Waals surface area contributed by atoms with E-state index in [1.807, 2.05) is 18.7 Å². The number of nitrogens with one attached hydrogen (secondary N) is 1. The van der Waals surface area contributed by atoms with E-state index in [-0.39, 0.29) is 5.91 Å². The first-order valence-corrected chi connectivity index (χ1v) is 6.66. The van der Waals surface area contributed by atoms with Crippen LogP contribution in [0.25, 0.3) is 0 Å². The molecule has 2 rings (SSSR count). The Morgan fingerprint density at radius 2 is 1.94 bits per heavy atom. The first kappa shape index (κ1) is 13.1. The second kappa shape index (κ2) is 5.52. The average molecular weight is 250 g/mol. The number of aromatic nitrogens is 2. The van der Waals surface area contributed by atoms with Crippen LogP contribution in [0.15, 0.2) is 0 Å². The molecule has 0 atom stereocenters. The van der Waals surface area contributed by atoms with Crippen molar-refractivity contribution >= 4 is 5.91 Å². The molecule has 0 radical (unpaired) electrons. The van der Waals surface area contributed by atoms with Gasteiger partial charge in [-0.25, -0.2) is 0 Å². The first-order chi connectivity index (χ1) is 8.63. The number of piperazine rings is 1. The Labute approximate surface area is 108 Å². The van der Waals surface area contributed by atoms with E-state index in [1.165, 1.54) is 6.42 Å². The Balaban J connectivity index is 2.00. The molecular weight excluding hydrogens is 228 g/mol. The van der Waals surface area contributed by atoms with Gasteiger partial charge < -0.3 is 4.90 Å². The summed E-state index contributed by atoms with van der Waals surface area (Å²) in [6.45, 7) is 10.7. The second-order valence-electron chi connectivity index (χ2n) is 4.94. The lowest BCUT2D eigenvalue weighted by molar-refractivity contribution is 0.0636. The minimum absolute atomic E-state index is 0.120. The molecule has 1 aliphatic heterocycles. The molecular formula is C13H22N4O. The van der Waals surface area contributed by atoms with Crippen molar-refractivity contribution in [3.63, 3.8) is 0 Å². The van der Waals surface area contributed by atoms with E-state index in [1.54, 1.807) is 0 Å². The molecule has 18 heavy (non-hydrogen) atoms. The lowest BCUT2D eigenvalue weighted by atomic mass is 10.1. The van der Waals surface area contributed by atoms with Gasteiger partial charge in [-0.1, -0.05) is 6.92 Å². The number of amides is 1. The molecule has 1 aromatic heterocycles. The standard InChI is InChI=1S/C13H22N4O/c1-4-5-16-6-8-17(9-7-16)13(18)12-10(2)14-15-11(12)3/h4-9H2,1-3H3,(H,14,15). The Morgan fingerprint density at radius 1 is 1.28 bits per heavy atom. The van der Waals surface area contributed by atoms with Crippen LogP contribution < -0.4 is 0 Å². The molecule has 5 heteroatoms. The molecule has 0 aliphatic carbocycles. The van der Waals surface area contributed by atoms with Gasteiger partial charge in [-0.2, -0.15) is 5.10 Å². The maximum Gasteiger partial charge on any atom is 0.257 e. The third-order valence-corrected chi connectivity index (χ3v) is 3.54. The number of hydrogen-bond acceptors (Lipinski definition) is 3. The summed E-state index contributed by atoms with van der Waals surface area (Å²) in [5.74, 6) is 0.120. The third kappa shape index (κ3) is 2.56. The molecule has 0 bridgehead atoms. The molecule has 0 aromatic carbocycles. The highest BCUT2D eigenvalue weighted by molar-refractivity contribution is 5.96. The molecule has 1 fully saturated rings. The normalized spacial score (nSPS) is 17.2. The number of carbonyl (C=O) groups is 1. The number of carbonyl (C=O) groups excluding carboxylic acids is 1. The highest BCUT2D eigenvalue weighted by Crippen LogP contribution is 2.14. The smallest absolute Gasteiger partial charge is 0.257 e. The number of rotatable bonds is 3. The van der Waals surface area contributed by atoms with Gasteiger partial charge in [-0.05, 0) is 26.8 Å². The van der Waals surface area contributed by atoms with Gasteiger partial charge in [-0.3, -0.25) is 14.8 Å². The van der Waals surface area contributed by atoms with E-state index in [9.17, 15) is 4.79 Å². The Bertz CT molecular complexity index is 399. The lowest BCUT2D eigenvalue weighted by Gasteiger charge is -2.34. The molecule has 0 saturated carbocycles. The number of aromatic amines is 1. The molecule has 2 heterocycles. The van der Waals surface area contributed by atoms with Gasteiger partial charge in [-0.15, -0.1) is 0 Å². The second-order valence-corrected chi connectivity index (χ2v) is 4.94. The molecule has 0 unspecified atom stereocenters. The van der Waals surface area contributed by atoms with E-state index in [0.29, 0.717) is 0 Å². The molecule has 1 N–H and O–H groups in total. The topological polar surface area (TPSA) is 52.2 Å². The Morgan fingerprint density at radius 3 is 2.44 bits per heavy atom. The van der Waals surface area contributed by atoms with Crippen LogP contribution >= 0.6 is 0 Å². The molecule has 100 valence electrons. The van der Waals surface area contributed by atoms with Crippen molar-refractivity contribution in [1.82, 2.24) is 20.0 Å². The van der Waals surface area contributed by atoms with Crippen molar-refractivity contribution in [2.75, 3.05) is 32.7 Å². The maximum atomic E-state index is 12.4. The molecule has 1 aromatic rings. The van der Waals surface area contributed by atoms with Gasteiger partial charge in [0.1, 0.15) is 0 Å². The van der Waals surface area contributed by atoms with Gasteiger partial charge in [0.25, 0.3) is 5.91 Å². The summed E-state index contributed by atoms with van der Waals surface area (Å²) < 4.78 is 0. The maximum absolute atomic E-state index is 12.4. The van der Waals surface area contributed by atoms with Crippen LogP contribution in [0.2, 0.25) is 0 Å². The predicted molar refractivity (Wildman–Crippen MR) is 70.7 cm³/mol. The van der Waals surface area contributed by atoms with Crippen molar-refractivity contribution in [1.29, 1.82) is 0 Å². The molecule has 1 saturated heterocycles. The zero-order chi connectivity index (χ0) is 13.1. The van der Waals surface area contributed by atoms with Crippen LogP contribution in [-0.4, -0.2) is 58.6 Å². The molecule has 1 amide bonds. The number of aryl methyl sites for hydroxylation is 2. The number of nitrogens with zero attached hydrogens (tertiary/aromatic N) is 3. The molecule has 0 spiro atoms. The minimum atomic E-state index is 0.120. The summed E-state index contributed by atoms with van der Waals surface area (Å²) in [5, 5.41) is 6.97. The first-order valence-electron chi connectivity index (χ1n) is 6.66. The van der Waals surface area contributed by atoms with Gasteiger partial charge in [0.2, 0.25) is 0 Å². The highest BCUT2D eigenvalue weighted by atomic mass is 16.2. The fourth-order valence-corrected chi connectivity index (χ4v) is 2.51. The van der Waals surface area contributed by atoms with Crippen LogP contribution in [0.3, 0.4) is 0 Å². The fourth-order valence-electron chi connectivity index (χ4n) is 2.51. The average Bonchev–Trinajstić information content (AvgIpc) is 2.70. The van der Waals surface area contributed by atoms with Crippen molar-refractivity contribution < 1.29 is 4.79 Å². The molecule has 5 nitrogen and oxygen atoms in total. The predicted octanol–water partition coefficient (Wildman–Crippen LogP) is 1.19. The Hall–Kier alpha value is -1.36. The zero-order valence-electron chi connectivity index (χ0n) is 11.5. The summed E-state index contributed by atoms with van der Waals surface area (Å²) in [6.07, 6.45) is 1.17. The SMILES string of the molecule is CCCN1CCN(C(=O)c2c(C)n[nH]c2C)CC1. The van der Waals surface area contributed by atoms with E-state index in [4.69, 9.17) is 0 Å².